The van der Waals surface area contributed by atoms with Gasteiger partial charge in [-0.15, -0.1) is 5.10 Å². The van der Waals surface area contributed by atoms with E-state index in [0.717, 1.165) is 16.8 Å². The normalized spacial score (nSPS) is 11.4. The summed E-state index contributed by atoms with van der Waals surface area (Å²) in [6, 6.07) is 3.64. The minimum absolute atomic E-state index is 0.161. The summed E-state index contributed by atoms with van der Waals surface area (Å²) >= 11 is 0. The van der Waals surface area contributed by atoms with Gasteiger partial charge < -0.3 is 4.74 Å². The number of halogens is 2. The molecule has 0 saturated heterocycles. The van der Waals surface area contributed by atoms with Gasteiger partial charge in [-0.25, -0.2) is 21.9 Å². The lowest BCUT2D eigenvalue weighted by Crippen LogP contribution is -2.18. The molecule has 0 spiro atoms. The fourth-order valence-corrected chi connectivity index (χ4v) is 3.82. The van der Waals surface area contributed by atoms with Crippen LogP contribution in [-0.4, -0.2) is 41.3 Å². The van der Waals surface area contributed by atoms with Crippen LogP contribution in [0, 0.1) is 11.6 Å². The zero-order valence-electron chi connectivity index (χ0n) is 15.8. The van der Waals surface area contributed by atoms with E-state index in [1.54, 1.807) is 6.07 Å². The van der Waals surface area contributed by atoms with E-state index in [-0.39, 0.29) is 11.4 Å². The minimum Gasteiger partial charge on any atom is -0.495 e. The predicted molar refractivity (Wildman–Crippen MR) is 103 cm³/mol. The first-order chi connectivity index (χ1) is 13.8. The van der Waals surface area contributed by atoms with Crippen LogP contribution in [-0.2, 0) is 10.0 Å². The molecule has 0 unspecified atom stereocenters. The number of aromatic nitrogens is 4. The number of rotatable bonds is 8. The molecule has 1 N–H and O–H groups in total. The van der Waals surface area contributed by atoms with Crippen molar-refractivity contribution in [2.45, 2.75) is 19.8 Å². The van der Waals surface area contributed by atoms with E-state index in [2.05, 4.69) is 20.0 Å². The molecule has 0 aliphatic rings. The smallest absolute Gasteiger partial charge is 0.232 e. The second-order valence-electron chi connectivity index (χ2n) is 6.19. The van der Waals surface area contributed by atoms with E-state index in [0.29, 0.717) is 29.8 Å². The summed E-state index contributed by atoms with van der Waals surface area (Å²) in [5, 5.41) is 7.68. The van der Waals surface area contributed by atoms with Crippen molar-refractivity contribution in [3.05, 3.63) is 48.4 Å². The van der Waals surface area contributed by atoms with Gasteiger partial charge in [0.25, 0.3) is 0 Å². The summed E-state index contributed by atoms with van der Waals surface area (Å²) in [5.74, 6) is -1.69. The standard InChI is InChI=1S/C18H19F2N5O3S/c1-3-4-7-29(26,27)23-15-6-5-14(19)18(17(15)20)25-11-16(22-24-25)12-8-13(28-2)10-21-9-12/h5-6,8-11,23H,3-4,7H2,1-2H3. The van der Waals surface area contributed by atoms with Crippen LogP contribution in [0.3, 0.4) is 0 Å². The van der Waals surface area contributed by atoms with Crippen LogP contribution in [0.15, 0.2) is 36.8 Å². The number of sulfonamides is 1. The maximum absolute atomic E-state index is 14.9. The highest BCUT2D eigenvalue weighted by Crippen LogP contribution is 2.27. The minimum atomic E-state index is -3.76. The lowest BCUT2D eigenvalue weighted by atomic mass is 10.2. The molecular formula is C18H19F2N5O3S. The molecule has 0 saturated carbocycles. The van der Waals surface area contributed by atoms with Gasteiger partial charge in [-0.05, 0) is 24.6 Å². The fraction of sp³-hybridized carbons (Fsp3) is 0.278. The third-order valence-electron chi connectivity index (χ3n) is 4.07. The molecule has 11 heteroatoms. The summed E-state index contributed by atoms with van der Waals surface area (Å²) < 4.78 is 61.5. The molecule has 0 radical (unpaired) electrons. The molecule has 0 aliphatic carbocycles. The molecule has 0 aliphatic heterocycles. The number of anilines is 1. The molecular weight excluding hydrogens is 404 g/mol. The van der Waals surface area contributed by atoms with Crippen LogP contribution in [0.25, 0.3) is 16.9 Å². The molecule has 154 valence electrons. The van der Waals surface area contributed by atoms with Gasteiger partial charge in [0.1, 0.15) is 17.1 Å². The Balaban J connectivity index is 1.96. The van der Waals surface area contributed by atoms with Crippen LogP contribution < -0.4 is 9.46 Å². The molecule has 3 rings (SSSR count). The van der Waals surface area contributed by atoms with E-state index in [9.17, 15) is 17.2 Å². The van der Waals surface area contributed by atoms with Crippen molar-refractivity contribution in [2.24, 2.45) is 0 Å². The second kappa shape index (κ2) is 8.52. The van der Waals surface area contributed by atoms with Crippen molar-refractivity contribution in [1.82, 2.24) is 20.0 Å². The Morgan fingerprint density at radius 3 is 2.76 bits per heavy atom. The van der Waals surface area contributed by atoms with E-state index < -0.39 is 27.3 Å². The van der Waals surface area contributed by atoms with Gasteiger partial charge >= 0.3 is 0 Å². The van der Waals surface area contributed by atoms with Gasteiger partial charge in [-0.1, -0.05) is 18.6 Å². The van der Waals surface area contributed by atoms with Gasteiger partial charge in [-0.2, -0.15) is 0 Å². The predicted octanol–water partition coefficient (Wildman–Crippen LogP) is 3.16. The van der Waals surface area contributed by atoms with Crippen molar-refractivity contribution in [1.29, 1.82) is 0 Å². The number of unbranched alkanes of at least 4 members (excludes halogenated alkanes) is 1. The van der Waals surface area contributed by atoms with E-state index in [4.69, 9.17) is 4.74 Å². The molecule has 0 fully saturated rings. The average Bonchev–Trinajstić information content (AvgIpc) is 3.18. The summed E-state index contributed by atoms with van der Waals surface area (Å²) in [5.41, 5.74) is -0.0649. The van der Waals surface area contributed by atoms with Gasteiger partial charge in [0.15, 0.2) is 11.6 Å². The topological polar surface area (TPSA) is 99.0 Å². The molecule has 1 aromatic carbocycles. The van der Waals surface area contributed by atoms with Crippen molar-refractivity contribution in [3.63, 3.8) is 0 Å². The van der Waals surface area contributed by atoms with E-state index >= 15 is 0 Å². The maximum atomic E-state index is 14.9. The number of ether oxygens (including phenoxy) is 1. The molecule has 29 heavy (non-hydrogen) atoms. The van der Waals surface area contributed by atoms with Crippen molar-refractivity contribution < 1.29 is 21.9 Å². The van der Waals surface area contributed by atoms with E-state index in [1.165, 1.54) is 25.7 Å². The number of methoxy groups -OCH3 is 1. The van der Waals surface area contributed by atoms with Gasteiger partial charge in [-0.3, -0.25) is 9.71 Å². The van der Waals surface area contributed by atoms with Crippen molar-refractivity contribution in [3.8, 4) is 22.7 Å². The Labute approximate surface area is 166 Å². The SMILES string of the molecule is CCCCS(=O)(=O)Nc1ccc(F)c(-n2cc(-c3cncc(OC)c3)nn2)c1F. The first-order valence-electron chi connectivity index (χ1n) is 8.75. The zero-order chi connectivity index (χ0) is 21.0. The van der Waals surface area contributed by atoms with Crippen molar-refractivity contribution >= 4 is 15.7 Å². The number of nitrogens with zero attached hydrogens (tertiary/aromatic N) is 4. The number of hydrogen-bond acceptors (Lipinski definition) is 6. The van der Waals surface area contributed by atoms with Gasteiger partial charge in [0.05, 0.1) is 30.9 Å². The maximum Gasteiger partial charge on any atom is 0.232 e. The summed E-state index contributed by atoms with van der Waals surface area (Å²) in [6.45, 7) is 1.84. The Bertz CT molecular complexity index is 1120. The van der Waals surface area contributed by atoms with Crippen LogP contribution in [0.1, 0.15) is 19.8 Å². The summed E-state index contributed by atoms with van der Waals surface area (Å²) in [6.07, 6.45) is 5.40. The Kier molecular flexibility index (Phi) is 6.06. The fourth-order valence-electron chi connectivity index (χ4n) is 2.56. The number of pyridine rings is 1. The second-order valence-corrected chi connectivity index (χ2v) is 8.04. The highest BCUT2D eigenvalue weighted by Gasteiger charge is 2.21. The number of benzene rings is 1. The summed E-state index contributed by atoms with van der Waals surface area (Å²) in [7, 11) is -2.27. The molecule has 0 amide bonds. The molecule has 0 bridgehead atoms. The molecule has 2 heterocycles. The van der Waals surface area contributed by atoms with Crippen LogP contribution in [0.2, 0.25) is 0 Å². The molecule has 3 aromatic rings. The zero-order valence-corrected chi connectivity index (χ0v) is 16.6. The van der Waals surface area contributed by atoms with E-state index in [1.807, 2.05) is 6.92 Å². The Morgan fingerprint density at radius 1 is 1.24 bits per heavy atom. The summed E-state index contributed by atoms with van der Waals surface area (Å²) in [4.78, 5) is 4.00. The Morgan fingerprint density at radius 2 is 2.03 bits per heavy atom. The third kappa shape index (κ3) is 4.67. The highest BCUT2D eigenvalue weighted by atomic mass is 32.2. The number of nitrogens with one attached hydrogen (secondary N) is 1. The first kappa shape index (κ1) is 20.6. The van der Waals surface area contributed by atoms with Crippen LogP contribution >= 0.6 is 0 Å². The van der Waals surface area contributed by atoms with Gasteiger partial charge in [0.2, 0.25) is 10.0 Å². The molecule has 2 aromatic heterocycles. The third-order valence-corrected chi connectivity index (χ3v) is 5.42. The first-order valence-corrected chi connectivity index (χ1v) is 10.4. The molecule has 8 nitrogen and oxygen atoms in total. The Hall–Kier alpha value is -3.08. The lowest BCUT2D eigenvalue weighted by molar-refractivity contribution is 0.413. The van der Waals surface area contributed by atoms with Crippen LogP contribution in [0.4, 0.5) is 14.5 Å². The average molecular weight is 423 g/mol. The quantitative estimate of drug-likeness (QED) is 0.598. The van der Waals surface area contributed by atoms with Crippen molar-refractivity contribution in [2.75, 3.05) is 17.6 Å². The van der Waals surface area contributed by atoms with Gasteiger partial charge in [0, 0.05) is 11.8 Å². The largest absolute Gasteiger partial charge is 0.495 e. The highest BCUT2D eigenvalue weighted by molar-refractivity contribution is 7.92. The van der Waals surface area contributed by atoms with Crippen LogP contribution in [0.5, 0.6) is 5.75 Å². The monoisotopic (exact) mass is 423 g/mol. The lowest BCUT2D eigenvalue weighted by Gasteiger charge is -2.11. The molecule has 0 atom stereocenters. The number of hydrogen-bond donors (Lipinski definition) is 1.